The lowest BCUT2D eigenvalue weighted by molar-refractivity contribution is 0.310. The molecule has 8 heteroatoms. The number of hydrogen-bond acceptors (Lipinski definition) is 3. The highest BCUT2D eigenvalue weighted by molar-refractivity contribution is 7.89. The van der Waals surface area contributed by atoms with Crippen molar-refractivity contribution in [1.82, 2.24) is 14.3 Å². The zero-order valence-electron chi connectivity index (χ0n) is 11.7. The van der Waals surface area contributed by atoms with Crippen LogP contribution in [0.25, 0.3) is 0 Å². The Labute approximate surface area is 127 Å². The molecule has 0 amide bonds. The first-order chi connectivity index (χ1) is 10.5. The smallest absolute Gasteiger partial charge is 0.260 e. The quantitative estimate of drug-likeness (QED) is 0.940. The molecule has 1 unspecified atom stereocenters. The zero-order valence-corrected chi connectivity index (χ0v) is 12.5. The van der Waals surface area contributed by atoms with Crippen LogP contribution in [-0.2, 0) is 10.0 Å². The van der Waals surface area contributed by atoms with Crippen LogP contribution in [0.4, 0.5) is 8.78 Å². The van der Waals surface area contributed by atoms with E-state index in [0.717, 1.165) is 18.2 Å². The van der Waals surface area contributed by atoms with Crippen molar-refractivity contribution in [3.8, 4) is 0 Å². The van der Waals surface area contributed by atoms with Crippen LogP contribution in [-0.4, -0.2) is 35.8 Å². The first-order valence-corrected chi connectivity index (χ1v) is 8.36. The normalized spacial score (nSPS) is 20.2. The van der Waals surface area contributed by atoms with Gasteiger partial charge in [-0.1, -0.05) is 0 Å². The Bertz CT molecular complexity index is 762. The van der Waals surface area contributed by atoms with Gasteiger partial charge in [-0.05, 0) is 36.6 Å². The van der Waals surface area contributed by atoms with Crippen LogP contribution in [0.15, 0.2) is 35.7 Å². The summed E-state index contributed by atoms with van der Waals surface area (Å²) in [7, 11) is -3.68. The van der Waals surface area contributed by atoms with Gasteiger partial charge in [-0.15, -0.1) is 0 Å². The van der Waals surface area contributed by atoms with Crippen molar-refractivity contribution in [2.45, 2.75) is 23.8 Å². The minimum Gasteiger partial charge on any atom is -0.335 e. The molecule has 3 rings (SSSR count). The fraction of sp³-hybridized carbons (Fsp3) is 0.357. The second-order valence-electron chi connectivity index (χ2n) is 5.28. The molecule has 22 heavy (non-hydrogen) atoms. The monoisotopic (exact) mass is 327 g/mol. The minimum atomic E-state index is -3.68. The molecule has 0 bridgehead atoms. The molecular weight excluding hydrogens is 312 g/mol. The van der Waals surface area contributed by atoms with E-state index in [1.165, 1.54) is 16.8 Å². The first-order valence-electron chi connectivity index (χ1n) is 6.92. The van der Waals surface area contributed by atoms with Crippen molar-refractivity contribution in [3.05, 3.63) is 47.9 Å². The van der Waals surface area contributed by atoms with Gasteiger partial charge in [0.15, 0.2) is 5.03 Å². The summed E-state index contributed by atoms with van der Waals surface area (Å²) in [6.45, 7) is 0.483. The average molecular weight is 327 g/mol. The second-order valence-corrected chi connectivity index (χ2v) is 7.19. The number of benzene rings is 1. The van der Waals surface area contributed by atoms with Gasteiger partial charge in [0.1, 0.15) is 11.6 Å². The summed E-state index contributed by atoms with van der Waals surface area (Å²) in [5, 5.41) is 0.00728. The molecule has 0 aliphatic carbocycles. The van der Waals surface area contributed by atoms with Crippen molar-refractivity contribution in [2.75, 3.05) is 13.1 Å². The maximum atomic E-state index is 13.9. The number of halogens is 2. The lowest BCUT2D eigenvalue weighted by Gasteiger charge is -2.31. The van der Waals surface area contributed by atoms with Gasteiger partial charge in [-0.3, -0.25) is 0 Å². The molecule has 118 valence electrons. The maximum Gasteiger partial charge on any atom is 0.260 e. The molecule has 1 fully saturated rings. The van der Waals surface area contributed by atoms with Crippen molar-refractivity contribution in [1.29, 1.82) is 0 Å². The Morgan fingerprint density at radius 3 is 2.86 bits per heavy atom. The summed E-state index contributed by atoms with van der Waals surface area (Å²) in [5.41, 5.74) is 0.226. The SMILES string of the molecule is O=S(=O)(c1cnc[nH]1)N1CCCC(c2cc(F)ccc2F)C1. The Morgan fingerprint density at radius 1 is 1.32 bits per heavy atom. The maximum absolute atomic E-state index is 13.9. The van der Waals surface area contributed by atoms with Crippen LogP contribution in [0, 0.1) is 11.6 Å². The van der Waals surface area contributed by atoms with Gasteiger partial charge in [-0.25, -0.2) is 22.2 Å². The predicted molar refractivity (Wildman–Crippen MR) is 75.7 cm³/mol. The second kappa shape index (κ2) is 5.77. The minimum absolute atomic E-state index is 0.00728. The summed E-state index contributed by atoms with van der Waals surface area (Å²) < 4.78 is 53.5. The van der Waals surface area contributed by atoms with E-state index in [1.54, 1.807) is 0 Å². The van der Waals surface area contributed by atoms with Gasteiger partial charge in [0.25, 0.3) is 10.0 Å². The Hall–Kier alpha value is -1.80. The van der Waals surface area contributed by atoms with Gasteiger partial charge in [0.05, 0.1) is 12.5 Å². The summed E-state index contributed by atoms with van der Waals surface area (Å²) in [4.78, 5) is 6.29. The summed E-state index contributed by atoms with van der Waals surface area (Å²) in [5.74, 6) is -1.39. The van der Waals surface area contributed by atoms with Gasteiger partial charge in [0, 0.05) is 19.0 Å². The third-order valence-corrected chi connectivity index (χ3v) is 5.66. The molecular formula is C14H15F2N3O2S. The van der Waals surface area contributed by atoms with Gasteiger partial charge in [0.2, 0.25) is 0 Å². The Morgan fingerprint density at radius 2 is 2.14 bits per heavy atom. The van der Waals surface area contributed by atoms with E-state index in [4.69, 9.17) is 0 Å². The van der Waals surface area contributed by atoms with E-state index in [2.05, 4.69) is 9.97 Å². The molecule has 1 atom stereocenters. The fourth-order valence-electron chi connectivity index (χ4n) is 2.77. The molecule has 1 aliphatic heterocycles. The van der Waals surface area contributed by atoms with Crippen LogP contribution < -0.4 is 0 Å². The summed E-state index contributed by atoms with van der Waals surface area (Å²) >= 11 is 0. The number of imidazole rings is 1. The number of aromatic nitrogens is 2. The number of rotatable bonds is 3. The Kier molecular flexibility index (Phi) is 3.96. The highest BCUT2D eigenvalue weighted by Crippen LogP contribution is 2.31. The molecule has 0 spiro atoms. The highest BCUT2D eigenvalue weighted by atomic mass is 32.2. The van der Waals surface area contributed by atoms with E-state index < -0.39 is 21.7 Å². The zero-order chi connectivity index (χ0) is 15.7. The molecule has 2 heterocycles. The largest absolute Gasteiger partial charge is 0.335 e. The van der Waals surface area contributed by atoms with Gasteiger partial charge in [-0.2, -0.15) is 4.31 Å². The van der Waals surface area contributed by atoms with Crippen molar-refractivity contribution < 1.29 is 17.2 Å². The molecule has 1 aromatic carbocycles. The molecule has 0 saturated carbocycles. The molecule has 1 aliphatic rings. The average Bonchev–Trinajstić information content (AvgIpc) is 3.05. The van der Waals surface area contributed by atoms with Crippen molar-refractivity contribution >= 4 is 10.0 Å². The molecule has 1 aromatic heterocycles. The topological polar surface area (TPSA) is 66.1 Å². The van der Waals surface area contributed by atoms with Crippen molar-refractivity contribution in [3.63, 3.8) is 0 Å². The number of piperidine rings is 1. The summed E-state index contributed by atoms with van der Waals surface area (Å²) in [6, 6.07) is 3.28. The molecule has 5 nitrogen and oxygen atoms in total. The molecule has 0 radical (unpaired) electrons. The van der Waals surface area contributed by atoms with Crippen LogP contribution in [0.3, 0.4) is 0 Å². The third-order valence-electron chi connectivity index (χ3n) is 3.87. The van der Waals surface area contributed by atoms with Crippen LogP contribution in [0.5, 0.6) is 0 Å². The van der Waals surface area contributed by atoms with E-state index >= 15 is 0 Å². The number of H-pyrrole nitrogens is 1. The van der Waals surface area contributed by atoms with Gasteiger partial charge >= 0.3 is 0 Å². The van der Waals surface area contributed by atoms with Gasteiger partial charge < -0.3 is 4.98 Å². The Balaban J connectivity index is 1.87. The molecule has 1 N–H and O–H groups in total. The summed E-state index contributed by atoms with van der Waals surface area (Å²) in [6.07, 6.45) is 3.74. The standard InChI is InChI=1S/C14H15F2N3O2S/c15-11-3-4-13(16)12(6-11)10-2-1-5-19(8-10)22(20,21)14-7-17-9-18-14/h3-4,6-7,9-10H,1-2,5,8H2,(H,17,18). The lowest BCUT2D eigenvalue weighted by Crippen LogP contribution is -2.39. The van der Waals surface area contributed by atoms with Crippen LogP contribution >= 0.6 is 0 Å². The van der Waals surface area contributed by atoms with E-state index in [9.17, 15) is 17.2 Å². The lowest BCUT2D eigenvalue weighted by atomic mass is 9.91. The molecule has 2 aromatic rings. The number of nitrogens with one attached hydrogen (secondary N) is 1. The predicted octanol–water partition coefficient (Wildman–Crippen LogP) is 2.26. The number of sulfonamides is 1. The van der Waals surface area contributed by atoms with Crippen LogP contribution in [0.2, 0.25) is 0 Å². The first kappa shape index (κ1) is 15.1. The number of hydrogen-bond donors (Lipinski definition) is 1. The highest BCUT2D eigenvalue weighted by Gasteiger charge is 2.32. The number of aromatic amines is 1. The number of nitrogens with zero attached hydrogens (tertiary/aromatic N) is 2. The third kappa shape index (κ3) is 2.76. The van der Waals surface area contributed by atoms with E-state index in [-0.39, 0.29) is 23.1 Å². The van der Waals surface area contributed by atoms with E-state index in [1.807, 2.05) is 0 Å². The van der Waals surface area contributed by atoms with Crippen LogP contribution in [0.1, 0.15) is 24.3 Å². The van der Waals surface area contributed by atoms with E-state index in [0.29, 0.717) is 19.4 Å². The molecule has 1 saturated heterocycles. The fourth-order valence-corrected chi connectivity index (χ4v) is 4.18. The van der Waals surface area contributed by atoms with Crippen molar-refractivity contribution in [2.24, 2.45) is 0 Å².